The van der Waals surface area contributed by atoms with E-state index in [-0.39, 0.29) is 0 Å². The molecule has 0 rings (SSSR count). The van der Waals surface area contributed by atoms with Crippen molar-refractivity contribution in [2.24, 2.45) is 0 Å². The molecule has 10 nitrogen and oxygen atoms in total. The van der Waals surface area contributed by atoms with E-state index in [0.717, 1.165) is 0 Å². The van der Waals surface area contributed by atoms with Crippen molar-refractivity contribution < 1.29 is 47.7 Å². The van der Waals surface area contributed by atoms with E-state index >= 15 is 0 Å². The Morgan fingerprint density at radius 3 is 1.87 bits per heavy atom. The number of rotatable bonds is 6. The molecule has 12 heteroatoms. The first-order valence-electron chi connectivity index (χ1n) is 3.18. The lowest BCUT2D eigenvalue weighted by Crippen LogP contribution is -2.27. The molecular formula is C3H8O10P2. The number of hydrogen-bond donors (Lipinski definition) is 5. The molecule has 15 heavy (non-hydrogen) atoms. The summed E-state index contributed by atoms with van der Waals surface area (Å²) < 4.78 is 27.8. The van der Waals surface area contributed by atoms with Crippen LogP contribution in [0.3, 0.4) is 0 Å². The summed E-state index contributed by atoms with van der Waals surface area (Å²) in [6.07, 6.45) is -2.17. The molecule has 5 N–H and O–H groups in total. The van der Waals surface area contributed by atoms with Gasteiger partial charge in [-0.2, -0.15) is 0 Å². The van der Waals surface area contributed by atoms with Gasteiger partial charge in [0.05, 0.1) is 6.61 Å². The Hall–Kier alpha value is -0.310. The molecule has 1 unspecified atom stereocenters. The van der Waals surface area contributed by atoms with E-state index < -0.39 is 34.3 Å². The van der Waals surface area contributed by atoms with Crippen molar-refractivity contribution in [2.75, 3.05) is 6.61 Å². The Balaban J connectivity index is 4.38. The maximum absolute atomic E-state index is 10.3. The first kappa shape index (κ1) is 14.7. The number of carboxylic acid groups (broad SMARTS) is 1. The van der Waals surface area contributed by atoms with Crippen molar-refractivity contribution in [1.82, 2.24) is 0 Å². The normalized spacial score (nSPS) is 14.9. The third-order valence-corrected chi connectivity index (χ3v) is 1.95. The van der Waals surface area contributed by atoms with Crippen LogP contribution in [0.5, 0.6) is 0 Å². The van der Waals surface area contributed by atoms with Crippen LogP contribution in [0.4, 0.5) is 0 Å². The van der Waals surface area contributed by atoms with Crippen molar-refractivity contribution in [3.05, 3.63) is 0 Å². The average molecular weight is 269 g/mol. The molecule has 0 saturated carbocycles. The van der Waals surface area contributed by atoms with Gasteiger partial charge in [-0.1, -0.05) is 0 Å². The van der Waals surface area contributed by atoms with Crippen LogP contribution in [0.15, 0.2) is 0 Å². The SMILES string of the molecule is O=[13C](O)[13CH]([13CH2]OP(=O)(O)O)OP(=O)(O)O. The van der Waals surface area contributed by atoms with Crippen LogP contribution < -0.4 is 0 Å². The fourth-order valence-electron chi connectivity index (χ4n) is 0.477. The second-order valence-corrected chi connectivity index (χ2v) is 4.64. The maximum atomic E-state index is 10.3. The zero-order valence-electron chi connectivity index (χ0n) is 6.96. The van der Waals surface area contributed by atoms with E-state index in [4.69, 9.17) is 24.7 Å². The Morgan fingerprint density at radius 1 is 1.13 bits per heavy atom. The minimum absolute atomic E-state index is 1.19. The number of phosphoric acid groups is 2. The molecule has 1 atom stereocenters. The first-order chi connectivity index (χ1) is 6.51. The zero-order chi connectivity index (χ0) is 12.3. The predicted molar refractivity (Wildman–Crippen MR) is 42.5 cm³/mol. The van der Waals surface area contributed by atoms with Crippen molar-refractivity contribution in [3.8, 4) is 0 Å². The summed E-state index contributed by atoms with van der Waals surface area (Å²) >= 11 is 0. The van der Waals surface area contributed by atoms with Crippen LogP contribution in [0.1, 0.15) is 0 Å². The molecule has 0 fully saturated rings. The van der Waals surface area contributed by atoms with Crippen LogP contribution in [0.2, 0.25) is 0 Å². The van der Waals surface area contributed by atoms with Crippen LogP contribution in [-0.4, -0.2) is 43.4 Å². The highest BCUT2D eigenvalue weighted by Crippen LogP contribution is 2.40. The van der Waals surface area contributed by atoms with Gasteiger partial charge in [0.15, 0.2) is 6.10 Å². The monoisotopic (exact) mass is 269 g/mol. The lowest BCUT2D eigenvalue weighted by molar-refractivity contribution is -0.147. The van der Waals surface area contributed by atoms with Crippen molar-refractivity contribution in [1.29, 1.82) is 0 Å². The molecule has 0 aliphatic heterocycles. The molecule has 0 saturated heterocycles. The van der Waals surface area contributed by atoms with Gasteiger partial charge >= 0.3 is 21.6 Å². The number of carbonyl (C=O) groups is 1. The summed E-state index contributed by atoms with van der Waals surface area (Å²) in [6.45, 7) is -1.19. The van der Waals surface area contributed by atoms with Gasteiger partial charge in [0.2, 0.25) is 0 Å². The van der Waals surface area contributed by atoms with Gasteiger partial charge in [-0.15, -0.1) is 0 Å². The maximum Gasteiger partial charge on any atom is 0.470 e. The second-order valence-electron chi connectivity index (χ2n) is 2.21. The number of carboxylic acids is 1. The van der Waals surface area contributed by atoms with Crippen LogP contribution in [0.25, 0.3) is 0 Å². The first-order valence-corrected chi connectivity index (χ1v) is 6.24. The van der Waals surface area contributed by atoms with Gasteiger partial charge < -0.3 is 24.7 Å². The highest BCUT2D eigenvalue weighted by Gasteiger charge is 2.30. The summed E-state index contributed by atoms with van der Waals surface area (Å²) in [5.74, 6) is -1.83. The molecule has 0 amide bonds. The minimum Gasteiger partial charge on any atom is -0.479 e. The molecular weight excluding hydrogens is 261 g/mol. The minimum atomic E-state index is -5.07. The van der Waals surface area contributed by atoms with E-state index in [1.807, 2.05) is 0 Å². The quantitative estimate of drug-likeness (QED) is 0.287. The van der Waals surface area contributed by atoms with E-state index in [1.54, 1.807) is 0 Å². The van der Waals surface area contributed by atoms with E-state index in [1.165, 1.54) is 0 Å². The van der Waals surface area contributed by atoms with Gasteiger partial charge in [0, 0.05) is 0 Å². The van der Waals surface area contributed by atoms with Crippen molar-refractivity contribution in [2.45, 2.75) is 6.10 Å². The summed E-state index contributed by atoms with van der Waals surface area (Å²) in [5.41, 5.74) is 0. The molecule has 90 valence electrons. The van der Waals surface area contributed by atoms with E-state index in [2.05, 4.69) is 9.05 Å². The fraction of sp³-hybridized carbons (Fsp3) is 0.667. The Morgan fingerprint density at radius 2 is 1.60 bits per heavy atom. The molecule has 0 radical (unpaired) electrons. The lowest BCUT2D eigenvalue weighted by atomic mass is 11.3. The Kier molecular flexibility index (Phi) is 5.04. The molecule has 0 aliphatic carbocycles. The highest BCUT2D eigenvalue weighted by atomic mass is 31.2. The highest BCUT2D eigenvalue weighted by molar-refractivity contribution is 7.46. The molecule has 0 heterocycles. The third-order valence-electron chi connectivity index (χ3n) is 0.934. The molecule has 0 aromatic rings. The number of aliphatic carboxylic acids is 1. The van der Waals surface area contributed by atoms with Crippen LogP contribution >= 0.6 is 15.6 Å². The predicted octanol–water partition coefficient (Wildman–Crippen LogP) is -1.34. The van der Waals surface area contributed by atoms with Crippen molar-refractivity contribution in [3.63, 3.8) is 0 Å². The Labute approximate surface area is 82.9 Å². The number of phosphoric ester groups is 2. The van der Waals surface area contributed by atoms with Gasteiger partial charge in [0.25, 0.3) is 0 Å². The van der Waals surface area contributed by atoms with Gasteiger partial charge in [-0.3, -0.25) is 9.05 Å². The fourth-order valence-corrected chi connectivity index (χ4v) is 1.29. The Bertz CT molecular complexity index is 311. The summed E-state index contributed by atoms with van der Waals surface area (Å²) in [5, 5.41) is 8.33. The van der Waals surface area contributed by atoms with E-state index in [9.17, 15) is 13.9 Å². The van der Waals surface area contributed by atoms with Crippen LogP contribution in [0, 0.1) is 0 Å². The van der Waals surface area contributed by atoms with Gasteiger partial charge in [0.1, 0.15) is 0 Å². The summed E-state index contributed by atoms with van der Waals surface area (Å²) in [7, 11) is -9.99. The van der Waals surface area contributed by atoms with E-state index in [0.29, 0.717) is 0 Å². The summed E-state index contributed by atoms with van der Waals surface area (Å²) in [6, 6.07) is 0. The van der Waals surface area contributed by atoms with Crippen molar-refractivity contribution >= 4 is 21.6 Å². The standard InChI is InChI=1S/C3H8O10P2/c4-3(5)2(13-15(9,10)11)1-12-14(6,7)8/h2H,1H2,(H,4,5)(H2,6,7,8)(H2,9,10,11)/i1+1,2+1,3+1. The van der Waals surface area contributed by atoms with Gasteiger partial charge in [-0.25, -0.2) is 13.9 Å². The summed E-state index contributed by atoms with van der Waals surface area (Å²) in [4.78, 5) is 43.2. The van der Waals surface area contributed by atoms with Crippen LogP contribution in [-0.2, 0) is 23.0 Å². The molecule has 0 spiro atoms. The van der Waals surface area contributed by atoms with Gasteiger partial charge in [-0.05, 0) is 0 Å². The zero-order valence-corrected chi connectivity index (χ0v) is 8.75. The second kappa shape index (κ2) is 5.15. The molecule has 0 aromatic carbocycles. The average Bonchev–Trinajstić information content (AvgIpc) is 1.93. The molecule has 0 bridgehead atoms. The number of hydrogen-bond acceptors (Lipinski definition) is 5. The topological polar surface area (TPSA) is 171 Å². The smallest absolute Gasteiger partial charge is 0.470 e. The lowest BCUT2D eigenvalue weighted by Gasteiger charge is -2.14. The molecule has 0 aromatic heterocycles. The molecule has 0 aliphatic rings. The third kappa shape index (κ3) is 8.67. The largest absolute Gasteiger partial charge is 0.479 e.